The van der Waals surface area contributed by atoms with Gasteiger partial charge in [-0.1, -0.05) is 0 Å². The summed E-state index contributed by atoms with van der Waals surface area (Å²) in [5.74, 6) is -3.97. The maximum Gasteiger partial charge on any atom is 0.208 e. The molecule has 0 bridgehead atoms. The maximum atomic E-state index is 9.00. The monoisotopic (exact) mass is 284 g/mol. The molecule has 66 valence electrons. The molecule has 0 unspecified atom stereocenters. The smallest absolute Gasteiger partial charge is 0.208 e. The van der Waals surface area contributed by atoms with Gasteiger partial charge in [0.15, 0.2) is 11.5 Å². The summed E-state index contributed by atoms with van der Waals surface area (Å²) in [6.45, 7) is 0. The van der Waals surface area contributed by atoms with Crippen LogP contribution in [0.3, 0.4) is 0 Å². The fraction of sp³-hybridized carbons (Fsp3) is 0. The van der Waals surface area contributed by atoms with E-state index in [1.165, 1.54) is 22.6 Å². The summed E-state index contributed by atoms with van der Waals surface area (Å²) in [6, 6.07) is 0. The second kappa shape index (κ2) is 2.77. The van der Waals surface area contributed by atoms with E-state index >= 15 is 0 Å². The van der Waals surface area contributed by atoms with Gasteiger partial charge in [0.25, 0.3) is 0 Å². The van der Waals surface area contributed by atoms with Crippen molar-refractivity contribution in [2.75, 3.05) is 0 Å². The molecule has 0 amide bonds. The molecule has 0 fully saturated rings. The highest BCUT2D eigenvalue weighted by molar-refractivity contribution is 14.1. The lowest BCUT2D eigenvalue weighted by Gasteiger charge is -2.07. The second-order valence-corrected chi connectivity index (χ2v) is 3.14. The predicted octanol–water partition coefficient (Wildman–Crippen LogP) is 0.819. The van der Waals surface area contributed by atoms with Crippen LogP contribution in [0.15, 0.2) is 0 Å². The molecule has 0 heterocycles. The minimum Gasteiger partial charge on any atom is -0.503 e. The van der Waals surface area contributed by atoms with Crippen LogP contribution in [0.5, 0.6) is 28.7 Å². The van der Waals surface area contributed by atoms with E-state index in [0.29, 0.717) is 0 Å². The van der Waals surface area contributed by atoms with Crippen LogP contribution in [0.4, 0.5) is 0 Å². The van der Waals surface area contributed by atoms with Crippen molar-refractivity contribution in [2.45, 2.75) is 0 Å². The summed E-state index contributed by atoms with van der Waals surface area (Å²) in [5, 5.41) is 44.7. The second-order valence-electron chi connectivity index (χ2n) is 2.06. The third-order valence-corrected chi connectivity index (χ3v) is 2.33. The van der Waals surface area contributed by atoms with E-state index in [2.05, 4.69) is 0 Å². The van der Waals surface area contributed by atoms with Crippen LogP contribution in [0.2, 0.25) is 0 Å². The lowest BCUT2D eigenvalue weighted by atomic mass is 10.2. The summed E-state index contributed by atoms with van der Waals surface area (Å²) < 4.78 is -0.125. The Morgan fingerprint density at radius 1 is 0.583 bits per heavy atom. The normalized spacial score (nSPS) is 10.1. The number of phenolic OH excluding ortho intramolecular Hbond substituents is 5. The molecule has 5 nitrogen and oxygen atoms in total. The molecule has 1 aromatic rings. The molecule has 0 saturated carbocycles. The standard InChI is InChI=1S/C6H5IO5/c7-1-2(8)4(10)6(12)5(11)3(1)9/h8-12H. The average Bonchev–Trinajstić information content (AvgIpc) is 2.08. The molecule has 6 heteroatoms. The fourth-order valence-electron chi connectivity index (χ4n) is 0.657. The van der Waals surface area contributed by atoms with Crippen molar-refractivity contribution in [3.05, 3.63) is 3.57 Å². The molecule has 1 rings (SSSR count). The quantitative estimate of drug-likeness (QED) is 0.276. The van der Waals surface area contributed by atoms with Gasteiger partial charge in [0.05, 0.1) is 0 Å². The number of hydrogen-bond donors (Lipinski definition) is 5. The van der Waals surface area contributed by atoms with Crippen LogP contribution in [0, 0.1) is 3.57 Å². The van der Waals surface area contributed by atoms with E-state index in [-0.39, 0.29) is 3.57 Å². The molecule has 0 aliphatic rings. The molecule has 12 heavy (non-hydrogen) atoms. The molecule has 0 radical (unpaired) electrons. The number of hydrogen-bond acceptors (Lipinski definition) is 5. The fourth-order valence-corrected chi connectivity index (χ4v) is 1.17. The van der Waals surface area contributed by atoms with Gasteiger partial charge in [0.1, 0.15) is 3.57 Å². The van der Waals surface area contributed by atoms with E-state index in [9.17, 15) is 0 Å². The molecule has 1 aromatic carbocycles. The highest BCUT2D eigenvalue weighted by atomic mass is 127. The van der Waals surface area contributed by atoms with Crippen molar-refractivity contribution in [3.8, 4) is 28.7 Å². The molecule has 0 aliphatic carbocycles. The molecule has 0 atom stereocenters. The molecule has 0 spiro atoms. The van der Waals surface area contributed by atoms with Gasteiger partial charge >= 0.3 is 0 Å². The van der Waals surface area contributed by atoms with Crippen LogP contribution in [-0.4, -0.2) is 25.5 Å². The van der Waals surface area contributed by atoms with Gasteiger partial charge in [-0.25, -0.2) is 0 Å². The van der Waals surface area contributed by atoms with Gasteiger partial charge < -0.3 is 25.5 Å². The lowest BCUT2D eigenvalue weighted by molar-refractivity contribution is 0.325. The first-order valence-corrected chi connectivity index (χ1v) is 3.89. The Morgan fingerprint density at radius 3 is 1.17 bits per heavy atom. The lowest BCUT2D eigenvalue weighted by Crippen LogP contribution is -1.80. The Hall–Kier alpha value is -1.05. The van der Waals surface area contributed by atoms with Crippen molar-refractivity contribution >= 4 is 22.6 Å². The number of benzene rings is 1. The van der Waals surface area contributed by atoms with Gasteiger partial charge in [0.2, 0.25) is 17.2 Å². The van der Waals surface area contributed by atoms with E-state index in [4.69, 9.17) is 25.5 Å². The van der Waals surface area contributed by atoms with Crippen LogP contribution in [-0.2, 0) is 0 Å². The van der Waals surface area contributed by atoms with Crippen molar-refractivity contribution in [3.63, 3.8) is 0 Å². The molecule has 5 N–H and O–H groups in total. The average molecular weight is 284 g/mol. The Balaban J connectivity index is 3.60. The molecular formula is C6H5IO5. The van der Waals surface area contributed by atoms with Crippen LogP contribution < -0.4 is 0 Å². The van der Waals surface area contributed by atoms with Crippen molar-refractivity contribution < 1.29 is 25.5 Å². The molecule has 0 saturated heterocycles. The van der Waals surface area contributed by atoms with Gasteiger partial charge in [-0.05, 0) is 22.6 Å². The van der Waals surface area contributed by atoms with E-state index in [1.807, 2.05) is 0 Å². The van der Waals surface area contributed by atoms with Gasteiger partial charge in [0, 0.05) is 0 Å². The first-order chi connectivity index (χ1) is 5.46. The van der Waals surface area contributed by atoms with Crippen molar-refractivity contribution in [2.24, 2.45) is 0 Å². The highest BCUT2D eigenvalue weighted by Gasteiger charge is 2.20. The van der Waals surface area contributed by atoms with Crippen molar-refractivity contribution in [1.82, 2.24) is 0 Å². The van der Waals surface area contributed by atoms with Crippen molar-refractivity contribution in [1.29, 1.82) is 0 Å². The van der Waals surface area contributed by atoms with Gasteiger partial charge in [-0.2, -0.15) is 0 Å². The topological polar surface area (TPSA) is 101 Å². The summed E-state index contributed by atoms with van der Waals surface area (Å²) >= 11 is 1.51. The first kappa shape index (κ1) is 9.04. The highest BCUT2D eigenvalue weighted by Crippen LogP contribution is 2.50. The van der Waals surface area contributed by atoms with Crippen LogP contribution in [0.25, 0.3) is 0 Å². The van der Waals surface area contributed by atoms with E-state index in [1.54, 1.807) is 0 Å². The largest absolute Gasteiger partial charge is 0.503 e. The summed E-state index contributed by atoms with van der Waals surface area (Å²) in [5.41, 5.74) is 0. The first-order valence-electron chi connectivity index (χ1n) is 2.81. The Morgan fingerprint density at radius 2 is 0.833 bits per heavy atom. The number of rotatable bonds is 0. The van der Waals surface area contributed by atoms with Gasteiger partial charge in [-0.3, -0.25) is 0 Å². The Labute approximate surface area is 80.7 Å². The zero-order valence-electron chi connectivity index (χ0n) is 5.61. The SMILES string of the molecule is Oc1c(O)c(O)c(I)c(O)c1O. The molecular weight excluding hydrogens is 279 g/mol. The summed E-state index contributed by atoms with van der Waals surface area (Å²) in [4.78, 5) is 0. The third-order valence-electron chi connectivity index (χ3n) is 1.31. The number of halogens is 1. The van der Waals surface area contributed by atoms with Crippen LogP contribution in [0.1, 0.15) is 0 Å². The maximum absolute atomic E-state index is 9.00. The molecule has 0 aliphatic heterocycles. The summed E-state index contributed by atoms with van der Waals surface area (Å²) in [7, 11) is 0. The Kier molecular flexibility index (Phi) is 2.09. The summed E-state index contributed by atoms with van der Waals surface area (Å²) in [6.07, 6.45) is 0. The van der Waals surface area contributed by atoms with Crippen LogP contribution >= 0.6 is 22.6 Å². The number of phenols is 5. The number of aromatic hydroxyl groups is 5. The third kappa shape index (κ3) is 1.07. The molecule has 0 aromatic heterocycles. The van der Waals surface area contributed by atoms with E-state index in [0.717, 1.165) is 0 Å². The van der Waals surface area contributed by atoms with Gasteiger partial charge in [-0.15, -0.1) is 0 Å². The minimum atomic E-state index is -0.939. The predicted molar refractivity (Wildman–Crippen MR) is 47.5 cm³/mol. The zero-order valence-corrected chi connectivity index (χ0v) is 7.77. The minimum absolute atomic E-state index is 0.125. The Bertz CT molecular complexity index is 230. The zero-order chi connectivity index (χ0) is 9.46. The van der Waals surface area contributed by atoms with E-state index < -0.39 is 28.7 Å².